The van der Waals surface area contributed by atoms with Crippen LogP contribution in [0, 0.1) is 11.3 Å². The Kier molecular flexibility index (Phi) is 8.20. The number of esters is 1. The molecule has 2 rings (SSSR count). The minimum Gasteiger partial charge on any atom is -0.490 e. The standard InChI is InChI=1S/C21H21N3O6/c1-3-28-17-9-8-16(11-18(17)29-4-2)23-21(27)24-19(25)13-30-20(26)15-7-5-6-14(10-15)12-22/h5-11H,3-4,13H2,1-2H3,(H2,23,24,25,27). The molecule has 9 nitrogen and oxygen atoms in total. The van der Waals surface area contributed by atoms with Gasteiger partial charge in [0.05, 0.1) is 30.4 Å². The molecular formula is C21H21N3O6. The highest BCUT2D eigenvalue weighted by Crippen LogP contribution is 2.30. The van der Waals surface area contributed by atoms with Crippen molar-refractivity contribution in [3.05, 3.63) is 53.6 Å². The normalized spacial score (nSPS) is 9.77. The van der Waals surface area contributed by atoms with E-state index in [2.05, 4.69) is 10.6 Å². The number of carbonyl (C=O) groups excluding carboxylic acids is 3. The summed E-state index contributed by atoms with van der Waals surface area (Å²) in [4.78, 5) is 35.8. The van der Waals surface area contributed by atoms with Gasteiger partial charge in [0, 0.05) is 11.8 Å². The van der Waals surface area contributed by atoms with Crippen molar-refractivity contribution in [2.45, 2.75) is 13.8 Å². The summed E-state index contributed by atoms with van der Waals surface area (Å²) in [6, 6.07) is 11.8. The van der Waals surface area contributed by atoms with E-state index in [4.69, 9.17) is 19.5 Å². The zero-order valence-corrected chi connectivity index (χ0v) is 16.6. The molecule has 0 aromatic heterocycles. The number of nitrogens with one attached hydrogen (secondary N) is 2. The molecule has 0 radical (unpaired) electrons. The second kappa shape index (κ2) is 11.1. The molecule has 3 amide bonds. The van der Waals surface area contributed by atoms with Gasteiger partial charge in [0.1, 0.15) is 0 Å². The molecule has 0 aliphatic carbocycles. The summed E-state index contributed by atoms with van der Waals surface area (Å²) in [5.41, 5.74) is 0.803. The highest BCUT2D eigenvalue weighted by molar-refractivity contribution is 6.02. The van der Waals surface area contributed by atoms with Gasteiger partial charge < -0.3 is 19.5 Å². The van der Waals surface area contributed by atoms with Crippen molar-refractivity contribution < 1.29 is 28.6 Å². The maximum Gasteiger partial charge on any atom is 0.338 e. The molecule has 0 aliphatic heterocycles. The van der Waals surface area contributed by atoms with E-state index in [-0.39, 0.29) is 11.1 Å². The van der Waals surface area contributed by atoms with Gasteiger partial charge in [-0.3, -0.25) is 10.1 Å². The van der Waals surface area contributed by atoms with Crippen LogP contribution in [0.15, 0.2) is 42.5 Å². The van der Waals surface area contributed by atoms with Crippen molar-refractivity contribution in [2.24, 2.45) is 0 Å². The fourth-order valence-corrected chi connectivity index (χ4v) is 2.38. The number of rotatable bonds is 8. The molecule has 156 valence electrons. The van der Waals surface area contributed by atoms with Crippen LogP contribution in [0.25, 0.3) is 0 Å². The number of nitriles is 1. The van der Waals surface area contributed by atoms with E-state index >= 15 is 0 Å². The Morgan fingerprint density at radius 1 is 1.00 bits per heavy atom. The van der Waals surface area contributed by atoms with Crippen LogP contribution in [0.5, 0.6) is 11.5 Å². The van der Waals surface area contributed by atoms with E-state index in [1.165, 1.54) is 24.3 Å². The van der Waals surface area contributed by atoms with Crippen LogP contribution in [-0.2, 0) is 9.53 Å². The Balaban J connectivity index is 1.88. The first-order valence-corrected chi connectivity index (χ1v) is 9.14. The fraction of sp³-hybridized carbons (Fsp3) is 0.238. The molecule has 2 N–H and O–H groups in total. The highest BCUT2D eigenvalue weighted by Gasteiger charge is 2.14. The molecule has 0 heterocycles. The first-order chi connectivity index (χ1) is 14.5. The number of anilines is 1. The number of benzene rings is 2. The molecular weight excluding hydrogens is 390 g/mol. The monoisotopic (exact) mass is 411 g/mol. The van der Waals surface area contributed by atoms with E-state index in [1.807, 2.05) is 19.9 Å². The first kappa shape index (κ1) is 22.2. The second-order valence-electron chi connectivity index (χ2n) is 5.80. The molecule has 0 fully saturated rings. The highest BCUT2D eigenvalue weighted by atomic mass is 16.5. The van der Waals surface area contributed by atoms with Crippen LogP contribution < -0.4 is 20.1 Å². The van der Waals surface area contributed by atoms with Crippen LogP contribution in [0.2, 0.25) is 0 Å². The SMILES string of the molecule is CCOc1ccc(NC(=O)NC(=O)COC(=O)c2cccc(C#N)c2)cc1OCC. The number of ether oxygens (including phenoxy) is 3. The van der Waals surface area contributed by atoms with Crippen molar-refractivity contribution in [1.29, 1.82) is 5.26 Å². The lowest BCUT2D eigenvalue weighted by atomic mass is 10.1. The Bertz CT molecular complexity index is 967. The van der Waals surface area contributed by atoms with E-state index in [0.717, 1.165) is 0 Å². The lowest BCUT2D eigenvalue weighted by molar-refractivity contribution is -0.123. The summed E-state index contributed by atoms with van der Waals surface area (Å²) < 4.78 is 15.8. The summed E-state index contributed by atoms with van der Waals surface area (Å²) in [5.74, 6) is -0.602. The van der Waals surface area contributed by atoms with Crippen molar-refractivity contribution in [3.8, 4) is 17.6 Å². The molecule has 0 spiro atoms. The largest absolute Gasteiger partial charge is 0.490 e. The lowest BCUT2D eigenvalue weighted by Crippen LogP contribution is -2.37. The molecule has 2 aromatic carbocycles. The lowest BCUT2D eigenvalue weighted by Gasteiger charge is -2.13. The van der Waals surface area contributed by atoms with Crippen molar-refractivity contribution in [2.75, 3.05) is 25.1 Å². The fourth-order valence-electron chi connectivity index (χ4n) is 2.38. The van der Waals surface area contributed by atoms with E-state index in [0.29, 0.717) is 30.4 Å². The molecule has 0 saturated heterocycles. The minimum atomic E-state index is -0.812. The summed E-state index contributed by atoms with van der Waals surface area (Å²) in [6.45, 7) is 3.88. The molecule has 0 aliphatic rings. The van der Waals surface area contributed by atoms with Gasteiger partial charge in [-0.25, -0.2) is 9.59 Å². The first-order valence-electron chi connectivity index (χ1n) is 9.14. The maximum absolute atomic E-state index is 12.0. The van der Waals surface area contributed by atoms with Crippen molar-refractivity contribution in [1.82, 2.24) is 5.32 Å². The van der Waals surface area contributed by atoms with Gasteiger partial charge in [-0.15, -0.1) is 0 Å². The number of hydrogen-bond acceptors (Lipinski definition) is 7. The van der Waals surface area contributed by atoms with Crippen molar-refractivity contribution >= 4 is 23.6 Å². The zero-order chi connectivity index (χ0) is 21.9. The predicted octanol–water partition coefficient (Wildman–Crippen LogP) is 2.86. The molecule has 0 unspecified atom stereocenters. The molecule has 30 heavy (non-hydrogen) atoms. The summed E-state index contributed by atoms with van der Waals surface area (Å²) >= 11 is 0. The number of nitrogens with zero attached hydrogens (tertiary/aromatic N) is 1. The third-order valence-corrected chi connectivity index (χ3v) is 3.62. The summed E-state index contributed by atoms with van der Waals surface area (Å²) in [6.07, 6.45) is 0. The van der Waals surface area contributed by atoms with Gasteiger partial charge in [-0.05, 0) is 44.2 Å². The summed E-state index contributed by atoms with van der Waals surface area (Å²) in [7, 11) is 0. The third-order valence-electron chi connectivity index (χ3n) is 3.62. The van der Waals surface area contributed by atoms with Gasteiger partial charge in [0.2, 0.25) is 0 Å². The predicted molar refractivity (Wildman–Crippen MR) is 107 cm³/mol. The number of amides is 3. The third kappa shape index (κ3) is 6.53. The molecule has 9 heteroatoms. The van der Waals surface area contributed by atoms with Crippen molar-refractivity contribution in [3.63, 3.8) is 0 Å². The van der Waals surface area contributed by atoms with Crippen LogP contribution >= 0.6 is 0 Å². The Labute approximate surface area is 173 Å². The Hall–Kier alpha value is -4.06. The van der Waals surface area contributed by atoms with Gasteiger partial charge >= 0.3 is 12.0 Å². The summed E-state index contributed by atoms with van der Waals surface area (Å²) in [5, 5.41) is 13.4. The number of carbonyl (C=O) groups is 3. The smallest absolute Gasteiger partial charge is 0.338 e. The average molecular weight is 411 g/mol. The van der Waals surface area contributed by atoms with Crippen LogP contribution in [0.4, 0.5) is 10.5 Å². The van der Waals surface area contributed by atoms with Gasteiger partial charge in [-0.1, -0.05) is 6.07 Å². The maximum atomic E-state index is 12.0. The van der Waals surface area contributed by atoms with Gasteiger partial charge in [0.15, 0.2) is 18.1 Å². The minimum absolute atomic E-state index is 0.129. The topological polar surface area (TPSA) is 127 Å². The number of urea groups is 1. The average Bonchev–Trinajstić information content (AvgIpc) is 2.74. The Morgan fingerprint density at radius 2 is 1.73 bits per heavy atom. The Morgan fingerprint density at radius 3 is 2.43 bits per heavy atom. The quantitative estimate of drug-likeness (QED) is 0.640. The van der Waals surface area contributed by atoms with Gasteiger partial charge in [0.25, 0.3) is 5.91 Å². The van der Waals surface area contributed by atoms with E-state index in [9.17, 15) is 14.4 Å². The second-order valence-corrected chi connectivity index (χ2v) is 5.80. The van der Waals surface area contributed by atoms with Crippen LogP contribution in [-0.4, -0.2) is 37.7 Å². The molecule has 2 aromatic rings. The van der Waals surface area contributed by atoms with Gasteiger partial charge in [-0.2, -0.15) is 5.26 Å². The molecule has 0 bridgehead atoms. The van der Waals surface area contributed by atoms with Crippen LogP contribution in [0.1, 0.15) is 29.8 Å². The van der Waals surface area contributed by atoms with E-state index < -0.39 is 24.5 Å². The molecule has 0 saturated carbocycles. The zero-order valence-electron chi connectivity index (χ0n) is 16.6. The number of hydrogen-bond donors (Lipinski definition) is 2. The van der Waals surface area contributed by atoms with E-state index in [1.54, 1.807) is 18.2 Å². The molecule has 0 atom stereocenters. The van der Waals surface area contributed by atoms with Crippen LogP contribution in [0.3, 0.4) is 0 Å². The number of imide groups is 1.